The monoisotopic (exact) mass is 661 g/mol. The molecule has 1 spiro atoms. The molecule has 6 nitrogen and oxygen atoms in total. The molecular formula is C42H61O6+. The van der Waals surface area contributed by atoms with Gasteiger partial charge in [0.15, 0.2) is 5.78 Å². The molecule has 0 radical (unpaired) electrons. The largest absolute Gasteiger partial charge is 0.462 e. The van der Waals surface area contributed by atoms with Crippen molar-refractivity contribution < 1.29 is 28.9 Å². The van der Waals surface area contributed by atoms with Crippen molar-refractivity contribution in [2.45, 2.75) is 150 Å². The van der Waals surface area contributed by atoms with Crippen LogP contribution in [-0.2, 0) is 18.7 Å². The van der Waals surface area contributed by atoms with Gasteiger partial charge in [0.05, 0.1) is 30.0 Å². The lowest BCUT2D eigenvalue weighted by molar-refractivity contribution is -0.152. The molecule has 2 heterocycles. The van der Waals surface area contributed by atoms with Crippen LogP contribution < -0.4 is 0 Å². The van der Waals surface area contributed by atoms with E-state index >= 15 is 0 Å². The Morgan fingerprint density at radius 2 is 1.58 bits per heavy atom. The highest BCUT2D eigenvalue weighted by Gasteiger charge is 3.05. The predicted octanol–water partition coefficient (Wildman–Crippen LogP) is 8.68. The number of aliphatic hydroxyl groups excluding tert-OH is 1. The van der Waals surface area contributed by atoms with Crippen molar-refractivity contribution in [3.8, 4) is 0 Å². The SMILES string of the molecule is CC(=O)O[C@H]1CC(C)(C)C(=CC/C(C)=C/CC/C(C)=C/C=C/C=C(C)/C=C/C=C(\C)C(=O)C[C@@]23[O+]4C[C@]42C[C@@H](O)CC3(C)C)[C@](C)(O)C1. The number of hydrogen-bond acceptors (Lipinski definition) is 5. The van der Waals surface area contributed by atoms with Crippen LogP contribution in [0.25, 0.3) is 0 Å². The van der Waals surface area contributed by atoms with E-state index in [0.717, 1.165) is 55.4 Å². The van der Waals surface area contributed by atoms with E-state index in [1.807, 2.05) is 38.2 Å². The topological polar surface area (TPSA) is 86.5 Å². The molecule has 0 aromatic heterocycles. The van der Waals surface area contributed by atoms with Gasteiger partial charge in [-0.2, -0.15) is 0 Å². The molecule has 0 unspecified atom stereocenters. The smallest absolute Gasteiger partial charge is 0.313 e. The van der Waals surface area contributed by atoms with Crippen molar-refractivity contribution >= 4 is 11.8 Å². The van der Waals surface area contributed by atoms with Crippen LogP contribution in [0.1, 0.15) is 121 Å². The number of esters is 1. The number of hydrogen-bond donors (Lipinski definition) is 2. The summed E-state index contributed by atoms with van der Waals surface area (Å²) in [6.45, 7) is 21.1. The fourth-order valence-corrected chi connectivity index (χ4v) is 8.97. The standard InChI is InChI=1S/C42H61O6/c1-29(17-13-18-31(3)21-22-37-38(6,7)25-35(47-33(5)43)26-40(37,10)46)15-11-12-16-30(2)19-14-20-32(4)36(45)27-42-39(8,9)23-34(44)24-41(42)28-48(41)42/h11-12,14-16,18-20,22,34-35,44,46H,13,17,21,23-28H2,1-10H3/q+1/b12-11+,19-14+,29-15+,30-16+,31-18+,32-20+,37-22?/t34-,35-,40+,41-,42-/m0/s1. The van der Waals surface area contributed by atoms with E-state index in [2.05, 4.69) is 83.2 Å². The van der Waals surface area contributed by atoms with Gasteiger partial charge in [-0.3, -0.25) is 9.59 Å². The number of carbonyl (C=O) groups excluding carboxylic acids is 2. The summed E-state index contributed by atoms with van der Waals surface area (Å²) in [6, 6.07) is 0. The van der Waals surface area contributed by atoms with E-state index in [9.17, 15) is 19.8 Å². The molecule has 264 valence electrons. The molecule has 2 saturated carbocycles. The summed E-state index contributed by atoms with van der Waals surface area (Å²) in [5.41, 5.74) is 3.98. The molecule has 0 bridgehead atoms. The number of ether oxygens (including phenoxy) is 1. The molecule has 5 atom stereocenters. The first kappa shape index (κ1) is 38.0. The second kappa shape index (κ2) is 14.2. The first-order valence-corrected chi connectivity index (χ1v) is 17.8. The Labute approximate surface area is 289 Å². The molecule has 0 amide bonds. The number of aliphatic hydroxyl groups is 2. The first-order valence-electron chi connectivity index (χ1n) is 17.8. The third kappa shape index (κ3) is 8.14. The average molecular weight is 662 g/mol. The van der Waals surface area contributed by atoms with Crippen molar-refractivity contribution in [2.75, 3.05) is 6.61 Å². The van der Waals surface area contributed by atoms with Crippen molar-refractivity contribution in [3.05, 3.63) is 82.5 Å². The highest BCUT2D eigenvalue weighted by molar-refractivity contribution is 5.96. The number of Topliss-reactive ketones (excluding diaryl/α,β-unsaturated/α-hetero) is 1. The van der Waals surface area contributed by atoms with Crippen molar-refractivity contribution in [1.82, 2.24) is 0 Å². The lowest BCUT2D eigenvalue weighted by Crippen LogP contribution is -2.52. The van der Waals surface area contributed by atoms with Gasteiger partial charge in [-0.25, -0.2) is 0 Å². The average Bonchev–Trinajstić information content (AvgIpc) is 3.79. The summed E-state index contributed by atoms with van der Waals surface area (Å²) in [6.07, 6.45) is 24.0. The minimum Gasteiger partial charge on any atom is -0.462 e. The molecule has 2 aliphatic carbocycles. The fraction of sp³-hybridized carbons (Fsp3) is 0.619. The van der Waals surface area contributed by atoms with Gasteiger partial charge in [0.25, 0.3) is 5.60 Å². The lowest BCUT2D eigenvalue weighted by Gasteiger charge is -2.46. The lowest BCUT2D eigenvalue weighted by atomic mass is 9.60. The summed E-state index contributed by atoms with van der Waals surface area (Å²) in [5.74, 6) is -0.113. The van der Waals surface area contributed by atoms with Crippen LogP contribution in [0.5, 0.6) is 0 Å². The Balaban J connectivity index is 1.21. The zero-order valence-electron chi connectivity index (χ0n) is 31.2. The van der Waals surface area contributed by atoms with Gasteiger partial charge in [-0.15, -0.1) is 0 Å². The number of carbonyl (C=O) groups is 2. The maximum Gasteiger partial charge on any atom is 0.313 e. The van der Waals surface area contributed by atoms with E-state index in [0.29, 0.717) is 19.3 Å². The minimum atomic E-state index is -0.999. The zero-order chi connectivity index (χ0) is 35.7. The number of rotatable bonds is 13. The van der Waals surface area contributed by atoms with Crippen molar-refractivity contribution in [3.63, 3.8) is 0 Å². The van der Waals surface area contributed by atoms with E-state index in [1.165, 1.54) is 18.1 Å². The maximum atomic E-state index is 13.2. The Hall–Kier alpha value is -2.80. The third-order valence-electron chi connectivity index (χ3n) is 11.4. The number of ketones is 1. The molecule has 4 rings (SSSR count). The highest BCUT2D eigenvalue weighted by atomic mass is 16.9. The van der Waals surface area contributed by atoms with E-state index < -0.39 is 5.60 Å². The Bertz CT molecular complexity index is 1460. The first-order chi connectivity index (χ1) is 22.3. The van der Waals surface area contributed by atoms with E-state index in [-0.39, 0.29) is 46.0 Å². The molecular weight excluding hydrogens is 600 g/mol. The Morgan fingerprint density at radius 3 is 2.21 bits per heavy atom. The van der Waals surface area contributed by atoms with Crippen LogP contribution in [0.3, 0.4) is 0 Å². The summed E-state index contributed by atoms with van der Waals surface area (Å²) < 4.78 is 8.80. The third-order valence-corrected chi connectivity index (χ3v) is 11.4. The van der Waals surface area contributed by atoms with Gasteiger partial charge < -0.3 is 19.3 Å². The van der Waals surface area contributed by atoms with Crippen LogP contribution >= 0.6 is 0 Å². The number of fused-ring (bicyclic) bond motifs is 1. The van der Waals surface area contributed by atoms with Crippen LogP contribution in [-0.4, -0.2) is 57.6 Å². The minimum absolute atomic E-state index is 0.0110. The van der Waals surface area contributed by atoms with Gasteiger partial charge >= 0.3 is 11.6 Å². The Morgan fingerprint density at radius 1 is 0.896 bits per heavy atom. The van der Waals surface area contributed by atoms with Gasteiger partial charge in [0.2, 0.25) is 6.61 Å². The highest BCUT2D eigenvalue weighted by Crippen LogP contribution is 2.83. The summed E-state index contributed by atoms with van der Waals surface area (Å²) in [4.78, 5) is 24.6. The predicted molar refractivity (Wildman–Crippen MR) is 194 cm³/mol. The van der Waals surface area contributed by atoms with Gasteiger partial charge in [-0.05, 0) is 83.3 Å². The summed E-state index contributed by atoms with van der Waals surface area (Å²) >= 11 is 0. The molecule has 48 heavy (non-hydrogen) atoms. The Kier molecular flexibility index (Phi) is 11.2. The molecule has 4 aliphatic rings. The summed E-state index contributed by atoms with van der Waals surface area (Å²) in [5, 5.41) is 21.5. The van der Waals surface area contributed by atoms with E-state index in [1.54, 1.807) is 0 Å². The maximum absolute atomic E-state index is 13.2. The second-order valence-corrected chi connectivity index (χ2v) is 16.6. The van der Waals surface area contributed by atoms with Crippen molar-refractivity contribution in [1.29, 1.82) is 0 Å². The van der Waals surface area contributed by atoms with Crippen LogP contribution in [0.4, 0.5) is 0 Å². The molecule has 6 heteroatoms. The van der Waals surface area contributed by atoms with Crippen LogP contribution in [0.15, 0.2) is 82.5 Å². The van der Waals surface area contributed by atoms with Crippen molar-refractivity contribution in [2.24, 2.45) is 10.8 Å². The van der Waals surface area contributed by atoms with Crippen LogP contribution in [0.2, 0.25) is 0 Å². The van der Waals surface area contributed by atoms with Crippen LogP contribution in [0, 0.1) is 10.8 Å². The van der Waals surface area contributed by atoms with Gasteiger partial charge in [0.1, 0.15) is 6.10 Å². The molecule has 2 aliphatic heterocycles. The molecule has 0 aromatic rings. The quantitative estimate of drug-likeness (QED) is 0.0515. The number of epoxide rings is 2. The molecule has 0 aromatic carbocycles. The number of allylic oxidation sites excluding steroid dienone is 13. The summed E-state index contributed by atoms with van der Waals surface area (Å²) in [7, 11) is 0. The normalized spacial score (nSPS) is 34.4. The second-order valence-electron chi connectivity index (χ2n) is 16.6. The van der Waals surface area contributed by atoms with E-state index in [4.69, 9.17) is 4.74 Å². The van der Waals surface area contributed by atoms with Gasteiger partial charge in [-0.1, -0.05) is 99.1 Å². The fourth-order valence-electron chi connectivity index (χ4n) is 8.97. The molecule has 2 saturated heterocycles. The van der Waals surface area contributed by atoms with Gasteiger partial charge in [0, 0.05) is 13.3 Å². The molecule has 2 N–H and O–H groups in total. The molecule has 4 fully saturated rings. The zero-order valence-corrected chi connectivity index (χ0v) is 31.2.